The average Bonchev–Trinajstić information content (AvgIpc) is 3.03. The molecule has 1 aromatic carbocycles. The van der Waals surface area contributed by atoms with Gasteiger partial charge in [0.05, 0.1) is 0 Å². The molecule has 0 aliphatic heterocycles. The van der Waals surface area contributed by atoms with Crippen LogP contribution >= 0.6 is 11.3 Å². The first-order chi connectivity index (χ1) is 10.2. The van der Waals surface area contributed by atoms with Crippen LogP contribution in [0.2, 0.25) is 0 Å². The molecule has 0 saturated heterocycles. The van der Waals surface area contributed by atoms with E-state index in [4.69, 9.17) is 4.74 Å². The van der Waals surface area contributed by atoms with E-state index in [2.05, 4.69) is 14.7 Å². The summed E-state index contributed by atoms with van der Waals surface area (Å²) in [4.78, 5) is 7.56. The number of benzene rings is 1. The Labute approximate surface area is 127 Å². The SMILES string of the molecule is CNCc1c(Oc2cccc(N(C)C)c2)nc2sccn12. The largest absolute Gasteiger partial charge is 0.437 e. The summed E-state index contributed by atoms with van der Waals surface area (Å²) in [7, 11) is 5.94. The third-order valence-electron chi connectivity index (χ3n) is 3.22. The van der Waals surface area contributed by atoms with E-state index in [0.29, 0.717) is 12.4 Å². The second kappa shape index (κ2) is 5.75. The summed E-state index contributed by atoms with van der Waals surface area (Å²) in [6.45, 7) is 0.709. The number of nitrogens with one attached hydrogen (secondary N) is 1. The molecule has 1 N–H and O–H groups in total. The first-order valence-corrected chi connectivity index (χ1v) is 7.61. The molecule has 21 heavy (non-hydrogen) atoms. The van der Waals surface area contributed by atoms with E-state index >= 15 is 0 Å². The van der Waals surface area contributed by atoms with Crippen molar-refractivity contribution in [2.75, 3.05) is 26.0 Å². The Morgan fingerprint density at radius 3 is 3.00 bits per heavy atom. The van der Waals surface area contributed by atoms with Gasteiger partial charge < -0.3 is 15.0 Å². The number of ether oxygens (including phenoxy) is 1. The quantitative estimate of drug-likeness (QED) is 0.787. The van der Waals surface area contributed by atoms with Crippen molar-refractivity contribution >= 4 is 22.0 Å². The molecule has 5 nitrogen and oxygen atoms in total. The molecule has 3 rings (SSSR count). The van der Waals surface area contributed by atoms with Crippen LogP contribution in [0.15, 0.2) is 35.8 Å². The van der Waals surface area contributed by atoms with Crippen molar-refractivity contribution in [3.8, 4) is 11.6 Å². The minimum atomic E-state index is 0.659. The summed E-state index contributed by atoms with van der Waals surface area (Å²) in [5.41, 5.74) is 2.13. The van der Waals surface area contributed by atoms with Crippen molar-refractivity contribution in [1.82, 2.24) is 14.7 Å². The zero-order chi connectivity index (χ0) is 14.8. The number of fused-ring (bicyclic) bond motifs is 1. The van der Waals surface area contributed by atoms with Crippen LogP contribution in [0.25, 0.3) is 4.96 Å². The monoisotopic (exact) mass is 302 g/mol. The third-order valence-corrected chi connectivity index (χ3v) is 3.97. The Bertz CT molecular complexity index is 747. The fourth-order valence-electron chi connectivity index (χ4n) is 2.16. The summed E-state index contributed by atoms with van der Waals surface area (Å²) in [6, 6.07) is 7.99. The minimum absolute atomic E-state index is 0.659. The molecule has 0 aliphatic rings. The molecular formula is C15H18N4OS. The van der Waals surface area contributed by atoms with Gasteiger partial charge in [0.1, 0.15) is 11.4 Å². The van der Waals surface area contributed by atoms with Gasteiger partial charge in [-0.3, -0.25) is 4.40 Å². The normalized spacial score (nSPS) is 11.0. The standard InChI is InChI=1S/C15H18N4OS/c1-16-10-13-14(17-15-19(13)7-8-21-15)20-12-6-4-5-11(9-12)18(2)3/h4-9,16H,10H2,1-3H3. The highest BCUT2D eigenvalue weighted by Gasteiger charge is 2.14. The van der Waals surface area contributed by atoms with Gasteiger partial charge in [-0.15, -0.1) is 11.3 Å². The zero-order valence-electron chi connectivity index (χ0n) is 12.3. The molecule has 0 spiro atoms. The van der Waals surface area contributed by atoms with Crippen molar-refractivity contribution in [2.45, 2.75) is 6.54 Å². The van der Waals surface area contributed by atoms with Crippen molar-refractivity contribution in [3.63, 3.8) is 0 Å². The lowest BCUT2D eigenvalue weighted by molar-refractivity contribution is 0.457. The van der Waals surface area contributed by atoms with Gasteiger partial charge in [-0.05, 0) is 19.2 Å². The number of hydrogen-bond donors (Lipinski definition) is 1. The number of nitrogens with zero attached hydrogens (tertiary/aromatic N) is 3. The fraction of sp³-hybridized carbons (Fsp3) is 0.267. The number of aromatic nitrogens is 2. The highest BCUT2D eigenvalue weighted by atomic mass is 32.1. The Morgan fingerprint density at radius 1 is 1.38 bits per heavy atom. The van der Waals surface area contributed by atoms with E-state index in [1.807, 2.05) is 61.9 Å². The minimum Gasteiger partial charge on any atom is -0.437 e. The van der Waals surface area contributed by atoms with Gasteiger partial charge in [0.15, 0.2) is 4.96 Å². The molecule has 2 heterocycles. The fourth-order valence-corrected chi connectivity index (χ4v) is 2.88. The molecule has 110 valence electrons. The van der Waals surface area contributed by atoms with Crippen molar-refractivity contribution in [1.29, 1.82) is 0 Å². The lowest BCUT2D eigenvalue weighted by atomic mass is 10.3. The van der Waals surface area contributed by atoms with E-state index in [1.54, 1.807) is 11.3 Å². The van der Waals surface area contributed by atoms with E-state index in [9.17, 15) is 0 Å². The van der Waals surface area contributed by atoms with Crippen LogP contribution < -0.4 is 15.0 Å². The first kappa shape index (κ1) is 13.9. The third kappa shape index (κ3) is 2.72. The lowest BCUT2D eigenvalue weighted by Crippen LogP contribution is -2.09. The number of rotatable bonds is 5. The Hall–Kier alpha value is -2.05. The van der Waals surface area contributed by atoms with Gasteiger partial charge >= 0.3 is 0 Å². The summed E-state index contributed by atoms with van der Waals surface area (Å²) < 4.78 is 8.07. The van der Waals surface area contributed by atoms with Crippen LogP contribution in [0.4, 0.5) is 5.69 Å². The Morgan fingerprint density at radius 2 is 2.24 bits per heavy atom. The smallest absolute Gasteiger partial charge is 0.243 e. The summed E-state index contributed by atoms with van der Waals surface area (Å²) >= 11 is 1.60. The number of hydrogen-bond acceptors (Lipinski definition) is 5. The van der Waals surface area contributed by atoms with E-state index in [1.165, 1.54) is 0 Å². The van der Waals surface area contributed by atoms with E-state index in [0.717, 1.165) is 22.1 Å². The topological polar surface area (TPSA) is 41.8 Å². The van der Waals surface area contributed by atoms with Crippen LogP contribution in [0.5, 0.6) is 11.6 Å². The lowest BCUT2D eigenvalue weighted by Gasteiger charge is -2.13. The Balaban J connectivity index is 1.95. The predicted molar refractivity (Wildman–Crippen MR) is 86.7 cm³/mol. The number of anilines is 1. The zero-order valence-corrected chi connectivity index (χ0v) is 13.1. The van der Waals surface area contributed by atoms with Gasteiger partial charge in [-0.2, -0.15) is 4.98 Å². The molecule has 2 aromatic heterocycles. The van der Waals surface area contributed by atoms with Gasteiger partial charge in [0, 0.05) is 44.0 Å². The van der Waals surface area contributed by atoms with Gasteiger partial charge in [0.25, 0.3) is 0 Å². The highest BCUT2D eigenvalue weighted by Crippen LogP contribution is 2.29. The molecule has 0 amide bonds. The summed E-state index contributed by atoms with van der Waals surface area (Å²) in [5, 5.41) is 5.19. The van der Waals surface area contributed by atoms with E-state index in [-0.39, 0.29) is 0 Å². The van der Waals surface area contributed by atoms with Crippen LogP contribution in [-0.4, -0.2) is 30.5 Å². The first-order valence-electron chi connectivity index (χ1n) is 6.73. The van der Waals surface area contributed by atoms with Crippen LogP contribution in [-0.2, 0) is 6.54 Å². The number of imidazole rings is 1. The summed E-state index contributed by atoms with van der Waals surface area (Å²) in [6.07, 6.45) is 2.02. The molecule has 0 unspecified atom stereocenters. The van der Waals surface area contributed by atoms with Crippen molar-refractivity contribution in [3.05, 3.63) is 41.5 Å². The van der Waals surface area contributed by atoms with E-state index < -0.39 is 0 Å². The van der Waals surface area contributed by atoms with Crippen molar-refractivity contribution in [2.24, 2.45) is 0 Å². The van der Waals surface area contributed by atoms with Gasteiger partial charge in [-0.1, -0.05) is 6.07 Å². The summed E-state index contributed by atoms with van der Waals surface area (Å²) in [5.74, 6) is 1.46. The average molecular weight is 302 g/mol. The molecule has 0 aliphatic carbocycles. The molecule has 6 heteroatoms. The van der Waals surface area contributed by atoms with Crippen LogP contribution in [0.3, 0.4) is 0 Å². The maximum absolute atomic E-state index is 6.00. The molecular weight excluding hydrogens is 284 g/mol. The predicted octanol–water partition coefficient (Wildman–Crippen LogP) is 2.97. The molecule has 0 saturated carbocycles. The molecule has 0 fully saturated rings. The molecule has 0 radical (unpaired) electrons. The molecule has 3 aromatic rings. The maximum Gasteiger partial charge on any atom is 0.243 e. The van der Waals surface area contributed by atoms with Crippen molar-refractivity contribution < 1.29 is 4.74 Å². The van der Waals surface area contributed by atoms with Gasteiger partial charge in [-0.25, -0.2) is 0 Å². The van der Waals surface area contributed by atoms with Gasteiger partial charge in [0.2, 0.25) is 5.88 Å². The maximum atomic E-state index is 6.00. The second-order valence-electron chi connectivity index (χ2n) is 4.94. The molecule has 0 atom stereocenters. The molecule has 0 bridgehead atoms. The number of thiazole rings is 1. The second-order valence-corrected chi connectivity index (χ2v) is 5.82. The van der Waals surface area contributed by atoms with Crippen LogP contribution in [0.1, 0.15) is 5.69 Å². The van der Waals surface area contributed by atoms with Crippen LogP contribution in [0, 0.1) is 0 Å². The Kier molecular flexibility index (Phi) is 3.81. The highest BCUT2D eigenvalue weighted by molar-refractivity contribution is 7.15.